The van der Waals surface area contributed by atoms with Gasteiger partial charge in [0, 0.05) is 12.3 Å². The first-order valence-electron chi connectivity index (χ1n) is 7.62. The minimum atomic E-state index is -0.0548. The maximum atomic E-state index is 12.2. The molecule has 0 spiro atoms. The van der Waals surface area contributed by atoms with E-state index >= 15 is 0 Å². The van der Waals surface area contributed by atoms with Gasteiger partial charge in [-0.25, -0.2) is 0 Å². The second-order valence-corrected chi connectivity index (χ2v) is 6.03. The smallest absolute Gasteiger partial charge is 0.309 e. The van der Waals surface area contributed by atoms with Crippen LogP contribution in [-0.2, 0) is 22.4 Å². The Morgan fingerprint density at radius 1 is 1.14 bits per heavy atom. The first-order valence-corrected chi connectivity index (χ1v) is 7.62. The van der Waals surface area contributed by atoms with Gasteiger partial charge >= 0.3 is 5.97 Å². The second-order valence-electron chi connectivity index (χ2n) is 6.03. The van der Waals surface area contributed by atoms with Crippen LogP contribution in [0.5, 0.6) is 0 Å². The minimum Gasteiger partial charge on any atom is -0.469 e. The van der Waals surface area contributed by atoms with E-state index in [-0.39, 0.29) is 23.9 Å². The molecule has 1 saturated carbocycles. The predicted octanol–water partition coefficient (Wildman–Crippen LogP) is 3.48. The third kappa shape index (κ3) is 2.48. The lowest BCUT2D eigenvalue weighted by Crippen LogP contribution is -2.26. The Hall–Kier alpha value is -2.03. The number of hydrogen-bond donors (Lipinski definition) is 0. The maximum absolute atomic E-state index is 12.2. The molecule has 3 nitrogen and oxygen atoms in total. The van der Waals surface area contributed by atoms with Crippen molar-refractivity contribution >= 4 is 5.97 Å². The Morgan fingerprint density at radius 2 is 2.00 bits per heavy atom. The van der Waals surface area contributed by atoms with Crippen molar-refractivity contribution in [2.75, 3.05) is 0 Å². The van der Waals surface area contributed by atoms with Crippen LogP contribution in [0.25, 0.3) is 0 Å². The molecule has 3 atom stereocenters. The van der Waals surface area contributed by atoms with Crippen LogP contribution >= 0.6 is 0 Å². The molecule has 2 aliphatic rings. The van der Waals surface area contributed by atoms with E-state index in [9.17, 15) is 4.79 Å². The van der Waals surface area contributed by atoms with Gasteiger partial charge in [0.15, 0.2) is 0 Å². The van der Waals surface area contributed by atoms with Gasteiger partial charge in [0.25, 0.3) is 0 Å². The van der Waals surface area contributed by atoms with Crippen LogP contribution in [0, 0.1) is 5.92 Å². The van der Waals surface area contributed by atoms with Crippen molar-refractivity contribution in [2.24, 2.45) is 5.92 Å². The molecule has 1 aromatic heterocycles. The molecule has 0 aliphatic heterocycles. The summed E-state index contributed by atoms with van der Waals surface area (Å²) in [7, 11) is 0. The zero-order chi connectivity index (χ0) is 14.2. The molecule has 4 rings (SSSR count). The lowest BCUT2D eigenvalue weighted by atomic mass is 9.90. The van der Waals surface area contributed by atoms with Crippen LogP contribution in [0.1, 0.15) is 35.6 Å². The number of ether oxygens (including phenoxy) is 1. The molecule has 3 unspecified atom stereocenters. The summed E-state index contributed by atoms with van der Waals surface area (Å²) in [4.78, 5) is 12.2. The average Bonchev–Trinajstić information content (AvgIpc) is 3.13. The highest BCUT2D eigenvalue weighted by atomic mass is 16.5. The van der Waals surface area contributed by atoms with E-state index in [2.05, 4.69) is 24.3 Å². The zero-order valence-electron chi connectivity index (χ0n) is 11.8. The molecule has 21 heavy (non-hydrogen) atoms. The zero-order valence-corrected chi connectivity index (χ0v) is 11.8. The summed E-state index contributed by atoms with van der Waals surface area (Å²) in [5.74, 6) is 1.07. The summed E-state index contributed by atoms with van der Waals surface area (Å²) in [5, 5.41) is 0. The van der Waals surface area contributed by atoms with Crippen molar-refractivity contribution in [1.82, 2.24) is 0 Å². The Labute approximate surface area is 123 Å². The number of furan rings is 1. The molecule has 2 aromatic rings. The standard InChI is InChI=1S/C18H18O3/c19-18(16-11-15(16)17-6-3-9-20-17)21-14-8-7-12-4-1-2-5-13(12)10-14/h1-6,9,14-16H,7-8,10-11H2. The first kappa shape index (κ1) is 12.7. The Balaban J connectivity index is 1.36. The summed E-state index contributed by atoms with van der Waals surface area (Å²) in [6.45, 7) is 0. The summed E-state index contributed by atoms with van der Waals surface area (Å²) >= 11 is 0. The number of fused-ring (bicyclic) bond motifs is 1. The lowest BCUT2D eigenvalue weighted by molar-refractivity contribution is -0.151. The van der Waals surface area contributed by atoms with Gasteiger partial charge in [0.05, 0.1) is 12.2 Å². The van der Waals surface area contributed by atoms with Gasteiger partial charge in [-0.15, -0.1) is 0 Å². The van der Waals surface area contributed by atoms with Gasteiger partial charge < -0.3 is 9.15 Å². The molecule has 108 valence electrons. The summed E-state index contributed by atoms with van der Waals surface area (Å²) in [5.41, 5.74) is 2.71. The second kappa shape index (κ2) is 5.06. The highest BCUT2D eigenvalue weighted by molar-refractivity contribution is 5.77. The summed E-state index contributed by atoms with van der Waals surface area (Å²) in [6.07, 6.45) is 5.33. The van der Waals surface area contributed by atoms with Crippen molar-refractivity contribution < 1.29 is 13.9 Å². The number of aryl methyl sites for hydroxylation is 1. The molecule has 2 aliphatic carbocycles. The molecule has 1 aromatic carbocycles. The van der Waals surface area contributed by atoms with Crippen molar-refractivity contribution in [3.8, 4) is 0 Å². The quantitative estimate of drug-likeness (QED) is 0.809. The highest BCUT2D eigenvalue weighted by Gasteiger charge is 2.47. The topological polar surface area (TPSA) is 39.4 Å². The van der Waals surface area contributed by atoms with E-state index in [4.69, 9.17) is 9.15 Å². The van der Waals surface area contributed by atoms with Gasteiger partial charge in [-0.1, -0.05) is 24.3 Å². The molecular formula is C18H18O3. The van der Waals surface area contributed by atoms with Crippen molar-refractivity contribution in [3.05, 3.63) is 59.5 Å². The molecule has 3 heteroatoms. The average molecular weight is 282 g/mol. The van der Waals surface area contributed by atoms with E-state index < -0.39 is 0 Å². The maximum Gasteiger partial charge on any atom is 0.309 e. The number of benzene rings is 1. The highest BCUT2D eigenvalue weighted by Crippen LogP contribution is 2.48. The predicted molar refractivity (Wildman–Crippen MR) is 77.9 cm³/mol. The Bertz CT molecular complexity index is 644. The fourth-order valence-electron chi connectivity index (χ4n) is 3.29. The van der Waals surface area contributed by atoms with Gasteiger partial charge in [-0.2, -0.15) is 0 Å². The van der Waals surface area contributed by atoms with E-state index in [1.54, 1.807) is 6.26 Å². The summed E-state index contributed by atoms with van der Waals surface area (Å²) in [6, 6.07) is 12.2. The van der Waals surface area contributed by atoms with Crippen molar-refractivity contribution in [3.63, 3.8) is 0 Å². The number of rotatable bonds is 3. The van der Waals surface area contributed by atoms with Gasteiger partial charge in [0.1, 0.15) is 11.9 Å². The van der Waals surface area contributed by atoms with Gasteiger partial charge in [-0.3, -0.25) is 4.79 Å². The van der Waals surface area contributed by atoms with E-state index in [0.717, 1.165) is 31.4 Å². The fourth-order valence-corrected chi connectivity index (χ4v) is 3.29. The molecule has 0 saturated heterocycles. The van der Waals surface area contributed by atoms with E-state index in [1.165, 1.54) is 11.1 Å². The van der Waals surface area contributed by atoms with E-state index in [0.29, 0.717) is 0 Å². The molecule has 0 bridgehead atoms. The summed E-state index contributed by atoms with van der Waals surface area (Å²) < 4.78 is 11.1. The normalized spacial score (nSPS) is 27.0. The SMILES string of the molecule is O=C(OC1CCc2ccccc2C1)C1CC1c1ccco1. The Morgan fingerprint density at radius 3 is 2.81 bits per heavy atom. The monoisotopic (exact) mass is 282 g/mol. The third-order valence-corrected chi connectivity index (χ3v) is 4.59. The van der Waals surface area contributed by atoms with Gasteiger partial charge in [-0.05, 0) is 42.5 Å². The number of esters is 1. The molecule has 1 fully saturated rings. The third-order valence-electron chi connectivity index (χ3n) is 4.59. The number of carbonyl (C=O) groups excluding carboxylic acids is 1. The lowest BCUT2D eigenvalue weighted by Gasteiger charge is -2.24. The molecular weight excluding hydrogens is 264 g/mol. The van der Waals surface area contributed by atoms with Crippen LogP contribution in [0.15, 0.2) is 47.1 Å². The Kier molecular flexibility index (Phi) is 3.06. The number of carbonyl (C=O) groups is 1. The van der Waals surface area contributed by atoms with Crippen molar-refractivity contribution in [2.45, 2.75) is 37.7 Å². The molecule has 0 amide bonds. The van der Waals surface area contributed by atoms with E-state index in [1.807, 2.05) is 12.1 Å². The van der Waals surface area contributed by atoms with Crippen LogP contribution in [0.4, 0.5) is 0 Å². The van der Waals surface area contributed by atoms with Crippen LogP contribution in [-0.4, -0.2) is 12.1 Å². The van der Waals surface area contributed by atoms with Crippen LogP contribution in [0.2, 0.25) is 0 Å². The van der Waals surface area contributed by atoms with Gasteiger partial charge in [0.2, 0.25) is 0 Å². The first-order chi connectivity index (χ1) is 10.3. The molecule has 0 N–H and O–H groups in total. The van der Waals surface area contributed by atoms with Crippen LogP contribution < -0.4 is 0 Å². The van der Waals surface area contributed by atoms with Crippen molar-refractivity contribution in [1.29, 1.82) is 0 Å². The largest absolute Gasteiger partial charge is 0.469 e. The molecule has 0 radical (unpaired) electrons. The van der Waals surface area contributed by atoms with Crippen LogP contribution in [0.3, 0.4) is 0 Å². The minimum absolute atomic E-state index is 0.00618. The number of hydrogen-bond acceptors (Lipinski definition) is 3. The molecule has 1 heterocycles. The fraction of sp³-hybridized carbons (Fsp3) is 0.389.